The molecule has 12 heteroatoms. The zero-order chi connectivity index (χ0) is 30.1. The molecule has 4 rings (SSSR count). The summed E-state index contributed by atoms with van der Waals surface area (Å²) < 4.78 is 22.5. The maximum Gasteiger partial charge on any atom is 0.337 e. The Morgan fingerprint density at radius 3 is 2.48 bits per heavy atom. The van der Waals surface area contributed by atoms with E-state index in [0.717, 1.165) is 15.6 Å². The van der Waals surface area contributed by atoms with Crippen LogP contribution in [-0.2, 0) is 20.9 Å². The molecule has 218 valence electrons. The summed E-state index contributed by atoms with van der Waals surface area (Å²) in [5.74, 6) is 0.204. The van der Waals surface area contributed by atoms with Crippen LogP contribution < -0.4 is 30.3 Å². The van der Waals surface area contributed by atoms with Crippen LogP contribution in [0.1, 0.15) is 29.7 Å². The first-order chi connectivity index (χ1) is 20.3. The minimum Gasteiger partial charge on any atom is -0.493 e. The second-order valence-electron chi connectivity index (χ2n) is 9.02. The molecule has 42 heavy (non-hydrogen) atoms. The highest BCUT2D eigenvalue weighted by atomic mass is 79.9. The van der Waals surface area contributed by atoms with Crippen molar-refractivity contribution in [2.45, 2.75) is 19.6 Å². The number of hydrogen-bond donors (Lipinski definition) is 3. The number of esters is 1. The summed E-state index contributed by atoms with van der Waals surface area (Å²) in [7, 11) is 2.70. The molecule has 0 bridgehead atoms. The number of halogens is 1. The topological polar surface area (TPSA) is 137 Å². The predicted octanol–water partition coefficient (Wildman–Crippen LogP) is 4.37. The molecule has 0 spiro atoms. The highest BCUT2D eigenvalue weighted by Crippen LogP contribution is 2.34. The highest BCUT2D eigenvalue weighted by molar-refractivity contribution is 9.10. The number of methoxy groups -OCH3 is 2. The van der Waals surface area contributed by atoms with E-state index in [9.17, 15) is 14.4 Å². The smallest absolute Gasteiger partial charge is 0.337 e. The van der Waals surface area contributed by atoms with Gasteiger partial charge in [0.05, 0.1) is 36.5 Å². The Morgan fingerprint density at radius 2 is 1.76 bits per heavy atom. The number of nitrogens with zero attached hydrogens (tertiary/aromatic N) is 1. The maximum absolute atomic E-state index is 12.4. The van der Waals surface area contributed by atoms with Crippen LogP contribution in [0.3, 0.4) is 0 Å². The van der Waals surface area contributed by atoms with E-state index >= 15 is 0 Å². The molecule has 1 aliphatic heterocycles. The maximum atomic E-state index is 12.4. The number of nitrogens with one attached hydrogen (secondary N) is 3. The van der Waals surface area contributed by atoms with Crippen molar-refractivity contribution in [2.75, 3.05) is 20.8 Å². The molecule has 0 fully saturated rings. The summed E-state index contributed by atoms with van der Waals surface area (Å²) in [6.07, 6.45) is 1.50. The summed E-state index contributed by atoms with van der Waals surface area (Å²) >= 11 is 3.50. The number of benzene rings is 3. The van der Waals surface area contributed by atoms with Gasteiger partial charge in [0, 0.05) is 5.70 Å². The Bertz CT molecular complexity index is 1530. The SMILES string of the molecule is COC(=O)C1=C(C)NC(=O)N[C@@H]1c1ccc(OCC(=O)N/N=C\c2ccc(OCc3ccccc3)c(Br)c2)c(OC)c1. The van der Waals surface area contributed by atoms with Gasteiger partial charge in [-0.3, -0.25) is 4.79 Å². The van der Waals surface area contributed by atoms with Gasteiger partial charge < -0.3 is 29.6 Å². The molecular formula is C30H29BrN4O7. The van der Waals surface area contributed by atoms with Crippen molar-refractivity contribution < 1.29 is 33.3 Å². The van der Waals surface area contributed by atoms with Gasteiger partial charge in [0.1, 0.15) is 12.4 Å². The van der Waals surface area contributed by atoms with Gasteiger partial charge in [-0.1, -0.05) is 36.4 Å². The van der Waals surface area contributed by atoms with Crippen molar-refractivity contribution in [2.24, 2.45) is 5.10 Å². The second-order valence-corrected chi connectivity index (χ2v) is 9.87. The third kappa shape index (κ3) is 7.67. The Hall–Kier alpha value is -4.84. The van der Waals surface area contributed by atoms with Gasteiger partial charge in [0.2, 0.25) is 0 Å². The Morgan fingerprint density at radius 1 is 1.00 bits per heavy atom. The monoisotopic (exact) mass is 636 g/mol. The molecule has 3 aromatic rings. The summed E-state index contributed by atoms with van der Waals surface area (Å²) in [6.45, 7) is 1.72. The number of rotatable bonds is 11. The van der Waals surface area contributed by atoms with E-state index in [1.165, 1.54) is 20.4 Å². The van der Waals surface area contributed by atoms with E-state index in [1.807, 2.05) is 48.5 Å². The van der Waals surface area contributed by atoms with Crippen molar-refractivity contribution in [3.63, 3.8) is 0 Å². The summed E-state index contributed by atoms with van der Waals surface area (Å²) in [5.41, 5.74) is 5.42. The standard InChI is InChI=1S/C30H29BrN4O7/c1-18-27(29(37)40-3)28(34-30(38)33-18)21-10-12-24(25(14-21)39-2)42-17-26(36)35-32-15-20-9-11-23(22(31)13-20)41-16-19-7-5-4-6-8-19/h4-15,28H,16-17H2,1-3H3,(H,35,36)(H2,33,34,38)/b32-15-/t28-/m1/s1. The molecule has 1 atom stereocenters. The molecule has 0 saturated heterocycles. The largest absolute Gasteiger partial charge is 0.493 e. The van der Waals surface area contributed by atoms with Gasteiger partial charge in [-0.15, -0.1) is 0 Å². The van der Waals surface area contributed by atoms with E-state index < -0.39 is 23.9 Å². The molecule has 3 aromatic carbocycles. The number of hydrazone groups is 1. The third-order valence-electron chi connectivity index (χ3n) is 6.15. The fourth-order valence-corrected chi connectivity index (χ4v) is 4.62. The van der Waals surface area contributed by atoms with Crippen LogP contribution in [0.15, 0.2) is 87.6 Å². The lowest BCUT2D eigenvalue weighted by molar-refractivity contribution is -0.136. The molecule has 0 unspecified atom stereocenters. The first-order valence-corrected chi connectivity index (χ1v) is 13.5. The summed E-state index contributed by atoms with van der Waals surface area (Å²) in [6, 6.07) is 18.9. The first kappa shape index (κ1) is 30.1. The second kappa shape index (κ2) is 14.2. The van der Waals surface area contributed by atoms with Gasteiger partial charge in [-0.25, -0.2) is 15.0 Å². The number of carbonyl (C=O) groups excluding carboxylic acids is 3. The number of ether oxygens (including phenoxy) is 4. The average Bonchev–Trinajstić information content (AvgIpc) is 2.99. The average molecular weight is 637 g/mol. The molecular weight excluding hydrogens is 608 g/mol. The highest BCUT2D eigenvalue weighted by Gasteiger charge is 2.32. The number of amides is 3. The van der Waals surface area contributed by atoms with E-state index in [4.69, 9.17) is 18.9 Å². The molecule has 3 N–H and O–H groups in total. The lowest BCUT2D eigenvalue weighted by Crippen LogP contribution is -2.45. The molecule has 11 nitrogen and oxygen atoms in total. The van der Waals surface area contributed by atoms with Crippen LogP contribution in [0, 0.1) is 0 Å². The van der Waals surface area contributed by atoms with Crippen molar-refractivity contribution in [3.05, 3.63) is 99.2 Å². The summed E-state index contributed by atoms with van der Waals surface area (Å²) in [4.78, 5) is 36.8. The van der Waals surface area contributed by atoms with Crippen LogP contribution in [0.2, 0.25) is 0 Å². The Kier molecular flexibility index (Phi) is 10.2. The molecule has 1 aliphatic rings. The normalized spacial score (nSPS) is 14.6. The Labute approximate surface area is 251 Å². The van der Waals surface area contributed by atoms with Crippen LogP contribution in [0.25, 0.3) is 0 Å². The van der Waals surface area contributed by atoms with Crippen molar-refractivity contribution in [1.82, 2.24) is 16.1 Å². The van der Waals surface area contributed by atoms with Gasteiger partial charge >= 0.3 is 12.0 Å². The molecule has 3 amide bonds. The van der Waals surface area contributed by atoms with E-state index in [0.29, 0.717) is 29.4 Å². The van der Waals surface area contributed by atoms with Crippen LogP contribution >= 0.6 is 15.9 Å². The van der Waals surface area contributed by atoms with Gasteiger partial charge in [-0.05, 0) is 69.9 Å². The van der Waals surface area contributed by atoms with Gasteiger partial charge in [0.25, 0.3) is 5.91 Å². The third-order valence-corrected chi connectivity index (χ3v) is 6.77. The fraction of sp³-hybridized carbons (Fsp3) is 0.200. The Balaban J connectivity index is 1.33. The molecule has 1 heterocycles. The van der Waals surface area contributed by atoms with Gasteiger partial charge in [0.15, 0.2) is 18.1 Å². The van der Waals surface area contributed by atoms with Crippen LogP contribution in [0.4, 0.5) is 4.79 Å². The number of hydrogen-bond acceptors (Lipinski definition) is 8. The fourth-order valence-electron chi connectivity index (χ4n) is 4.11. The van der Waals surface area contributed by atoms with Crippen molar-refractivity contribution in [1.29, 1.82) is 0 Å². The molecule has 0 radical (unpaired) electrons. The lowest BCUT2D eigenvalue weighted by Gasteiger charge is -2.28. The van der Waals surface area contributed by atoms with Crippen molar-refractivity contribution >= 4 is 40.1 Å². The van der Waals surface area contributed by atoms with Crippen LogP contribution in [0.5, 0.6) is 17.2 Å². The minimum absolute atomic E-state index is 0.256. The molecule has 0 aromatic heterocycles. The lowest BCUT2D eigenvalue weighted by atomic mass is 9.95. The van der Waals surface area contributed by atoms with E-state index in [1.54, 1.807) is 25.1 Å². The van der Waals surface area contributed by atoms with E-state index in [2.05, 4.69) is 37.1 Å². The van der Waals surface area contributed by atoms with Crippen molar-refractivity contribution in [3.8, 4) is 17.2 Å². The number of carbonyl (C=O) groups is 3. The minimum atomic E-state index is -0.767. The first-order valence-electron chi connectivity index (χ1n) is 12.7. The molecule has 0 aliphatic carbocycles. The summed E-state index contributed by atoms with van der Waals surface area (Å²) in [5, 5.41) is 9.27. The predicted molar refractivity (Wildman–Crippen MR) is 158 cm³/mol. The van der Waals surface area contributed by atoms with E-state index in [-0.39, 0.29) is 17.9 Å². The zero-order valence-electron chi connectivity index (χ0n) is 23.1. The quantitative estimate of drug-likeness (QED) is 0.161. The van der Waals surface area contributed by atoms with Gasteiger partial charge in [-0.2, -0.15) is 5.10 Å². The molecule has 0 saturated carbocycles. The zero-order valence-corrected chi connectivity index (χ0v) is 24.7. The van der Waals surface area contributed by atoms with Crippen LogP contribution in [-0.4, -0.2) is 44.9 Å². The number of urea groups is 1. The number of allylic oxidation sites excluding steroid dienone is 1.